The van der Waals surface area contributed by atoms with E-state index >= 15 is 0 Å². The van der Waals surface area contributed by atoms with E-state index in [2.05, 4.69) is 40.4 Å². The van der Waals surface area contributed by atoms with Crippen molar-refractivity contribution in [2.75, 3.05) is 26.8 Å². The number of carbonyl (C=O) groups is 2. The lowest BCUT2D eigenvalue weighted by atomic mass is 9.93. The summed E-state index contributed by atoms with van der Waals surface area (Å²) >= 11 is 3.52. The molecule has 3 amide bonds. The number of benzene rings is 1. The van der Waals surface area contributed by atoms with Gasteiger partial charge in [-0.05, 0) is 46.8 Å². The van der Waals surface area contributed by atoms with Crippen LogP contribution in [-0.2, 0) is 4.79 Å². The van der Waals surface area contributed by atoms with Gasteiger partial charge in [-0.1, -0.05) is 38.8 Å². The maximum Gasteiger partial charge on any atom is 0.327 e. The number of carbonyl (C=O) groups excluding carboxylic acids is 2. The minimum Gasteiger partial charge on any atom is -0.491 e. The zero-order valence-corrected chi connectivity index (χ0v) is 20.7. The fraction of sp³-hybridized carbons (Fsp3) is 0.652. The number of ether oxygens (including phenoxy) is 1. The van der Waals surface area contributed by atoms with E-state index in [4.69, 9.17) is 9.84 Å². The van der Waals surface area contributed by atoms with Gasteiger partial charge < -0.3 is 14.7 Å². The maximum atomic E-state index is 13.0. The number of nitrogens with one attached hydrogen (secondary N) is 2. The van der Waals surface area contributed by atoms with E-state index in [9.17, 15) is 9.59 Å². The lowest BCUT2D eigenvalue weighted by Crippen LogP contribution is -2.79. The number of hydrogen-bond donors (Lipinski definition) is 3. The molecule has 0 saturated carbocycles. The molecule has 2 aliphatic rings. The van der Waals surface area contributed by atoms with E-state index in [-0.39, 0.29) is 36.5 Å². The molecule has 2 aliphatic heterocycles. The minimum atomic E-state index is -0.501. The molecule has 3 N–H and O–H groups in total. The van der Waals surface area contributed by atoms with Crippen LogP contribution in [0.1, 0.15) is 39.5 Å². The summed E-state index contributed by atoms with van der Waals surface area (Å²) in [6.45, 7) is 5.27. The molecule has 1 aromatic rings. The molecule has 2 heterocycles. The summed E-state index contributed by atoms with van der Waals surface area (Å²) in [5, 5.41) is 16.2. The molecular weight excluding hydrogens is 476 g/mol. The number of para-hydroxylation sites is 1. The smallest absolute Gasteiger partial charge is 0.327 e. The molecule has 4 atom stereocenters. The third-order valence-corrected chi connectivity index (χ3v) is 6.69. The Hall–Kier alpha value is -1.68. The minimum absolute atomic E-state index is 0.00360. The number of amides is 3. The number of likely N-dealkylation sites (N-methyl/N-ethyl adjacent to an activating group) is 1. The first kappa shape index (κ1) is 25.0. The molecule has 0 aromatic heterocycles. The van der Waals surface area contributed by atoms with Crippen LogP contribution in [0.3, 0.4) is 0 Å². The predicted molar refractivity (Wildman–Crippen MR) is 126 cm³/mol. The lowest BCUT2D eigenvalue weighted by Gasteiger charge is -2.51. The monoisotopic (exact) mass is 510 g/mol. The Kier molecular flexibility index (Phi) is 8.93. The first-order valence-corrected chi connectivity index (χ1v) is 12.2. The van der Waals surface area contributed by atoms with Crippen molar-refractivity contribution in [1.82, 2.24) is 20.4 Å². The molecule has 0 bridgehead atoms. The third kappa shape index (κ3) is 5.81. The number of halogens is 1. The number of hydrogen-bond acceptors (Lipinski definition) is 6. The van der Waals surface area contributed by atoms with Crippen LogP contribution in [0.25, 0.3) is 0 Å². The van der Waals surface area contributed by atoms with Crippen LogP contribution in [0.15, 0.2) is 28.7 Å². The Labute approximate surface area is 198 Å². The molecule has 1 aromatic carbocycles. The number of unbranched alkanes of at least 4 members (excludes halogenated alkanes) is 2. The average Bonchev–Trinajstić information content (AvgIpc) is 2.77. The van der Waals surface area contributed by atoms with Gasteiger partial charge in [-0.25, -0.2) is 4.79 Å². The van der Waals surface area contributed by atoms with Crippen molar-refractivity contribution in [3.63, 3.8) is 0 Å². The van der Waals surface area contributed by atoms with E-state index in [1.54, 1.807) is 11.9 Å². The Bertz CT molecular complexity index is 793. The van der Waals surface area contributed by atoms with Gasteiger partial charge in [0.2, 0.25) is 0 Å². The van der Waals surface area contributed by atoms with Crippen molar-refractivity contribution in [1.29, 1.82) is 0 Å². The second kappa shape index (κ2) is 11.4. The van der Waals surface area contributed by atoms with Gasteiger partial charge in [0.05, 0.1) is 10.5 Å². The number of fused-ring (bicyclic) bond motifs is 1. The number of urea groups is 1. The highest BCUT2D eigenvalue weighted by molar-refractivity contribution is 9.10. The van der Waals surface area contributed by atoms with Gasteiger partial charge in [-0.15, -0.1) is 0 Å². The summed E-state index contributed by atoms with van der Waals surface area (Å²) in [7, 11) is 1.55. The van der Waals surface area contributed by atoms with Gasteiger partial charge in [0.1, 0.15) is 24.6 Å². The van der Waals surface area contributed by atoms with Crippen molar-refractivity contribution in [2.45, 2.75) is 63.8 Å². The standard InChI is InChI=1S/C23H35BrN4O4/c1-15(2)13-28-21-20(22(30)27(3)23(28)31)25-17(10-5-4-8-12-29)18(26-21)14-32-19-11-7-6-9-16(19)24/h6-7,9,11,15,17-18,20-21,25-26,29H,4-5,8,10,12-14H2,1-3H3. The summed E-state index contributed by atoms with van der Waals surface area (Å²) in [6, 6.07) is 6.85. The first-order valence-electron chi connectivity index (χ1n) is 11.4. The quantitative estimate of drug-likeness (QED) is 0.418. The Balaban J connectivity index is 1.79. The van der Waals surface area contributed by atoms with Gasteiger partial charge in [0.15, 0.2) is 0 Å². The summed E-state index contributed by atoms with van der Waals surface area (Å²) in [6.07, 6.45) is 3.04. The van der Waals surface area contributed by atoms with E-state index in [1.807, 2.05) is 24.3 Å². The van der Waals surface area contributed by atoms with Crippen molar-refractivity contribution >= 4 is 27.9 Å². The molecule has 4 unspecified atom stereocenters. The highest BCUT2D eigenvalue weighted by Crippen LogP contribution is 2.27. The topological polar surface area (TPSA) is 94.1 Å². The SMILES string of the molecule is CC(C)CN1C(=O)N(C)C(=O)C2NC(CCCCCO)C(COc3ccccc3Br)NC21. The zero-order valence-electron chi connectivity index (χ0n) is 19.1. The molecule has 0 radical (unpaired) electrons. The molecule has 2 fully saturated rings. The molecule has 0 aliphatic carbocycles. The number of rotatable bonds is 10. The van der Waals surface area contributed by atoms with Crippen LogP contribution in [0.2, 0.25) is 0 Å². The van der Waals surface area contributed by atoms with Gasteiger partial charge in [-0.3, -0.25) is 20.3 Å². The number of imide groups is 1. The fourth-order valence-corrected chi connectivity index (χ4v) is 4.79. The molecule has 8 nitrogen and oxygen atoms in total. The summed E-state index contributed by atoms with van der Waals surface area (Å²) in [5.74, 6) is 0.817. The van der Waals surface area contributed by atoms with Gasteiger partial charge in [0, 0.05) is 26.2 Å². The number of aliphatic hydroxyl groups is 1. The largest absolute Gasteiger partial charge is 0.491 e. The van der Waals surface area contributed by atoms with Gasteiger partial charge in [0.25, 0.3) is 5.91 Å². The number of aliphatic hydroxyl groups excluding tert-OH is 1. The number of nitrogens with zero attached hydrogens (tertiary/aromatic N) is 2. The second-order valence-corrected chi connectivity index (χ2v) is 9.86. The zero-order chi connectivity index (χ0) is 23.3. The van der Waals surface area contributed by atoms with Crippen molar-refractivity contribution in [2.24, 2.45) is 5.92 Å². The Morgan fingerprint density at radius 3 is 2.56 bits per heavy atom. The molecule has 32 heavy (non-hydrogen) atoms. The van der Waals surface area contributed by atoms with Crippen LogP contribution in [0.5, 0.6) is 5.75 Å². The molecule has 0 spiro atoms. The summed E-state index contributed by atoms with van der Waals surface area (Å²) in [4.78, 5) is 28.8. The third-order valence-electron chi connectivity index (χ3n) is 6.04. The fourth-order valence-electron chi connectivity index (χ4n) is 4.39. The number of piperazine rings is 1. The second-order valence-electron chi connectivity index (χ2n) is 9.01. The van der Waals surface area contributed by atoms with Crippen molar-refractivity contribution < 1.29 is 19.4 Å². The Morgan fingerprint density at radius 2 is 1.88 bits per heavy atom. The van der Waals surface area contributed by atoms with E-state index in [0.717, 1.165) is 35.9 Å². The molecule has 9 heteroatoms. The van der Waals surface area contributed by atoms with E-state index in [0.29, 0.717) is 13.2 Å². The highest BCUT2D eigenvalue weighted by atomic mass is 79.9. The van der Waals surface area contributed by atoms with Crippen molar-refractivity contribution in [3.8, 4) is 5.75 Å². The van der Waals surface area contributed by atoms with Gasteiger partial charge >= 0.3 is 6.03 Å². The molecule has 3 rings (SSSR count). The summed E-state index contributed by atoms with van der Waals surface area (Å²) in [5.41, 5.74) is 0. The van der Waals surface area contributed by atoms with Crippen LogP contribution in [0, 0.1) is 5.92 Å². The maximum absolute atomic E-state index is 13.0. The van der Waals surface area contributed by atoms with Crippen LogP contribution >= 0.6 is 15.9 Å². The van der Waals surface area contributed by atoms with Crippen LogP contribution in [-0.4, -0.2) is 77.9 Å². The normalized spacial score (nSPS) is 25.9. The Morgan fingerprint density at radius 1 is 1.12 bits per heavy atom. The molecule has 178 valence electrons. The van der Waals surface area contributed by atoms with Crippen molar-refractivity contribution in [3.05, 3.63) is 28.7 Å². The van der Waals surface area contributed by atoms with Crippen LogP contribution < -0.4 is 15.4 Å². The predicted octanol–water partition coefficient (Wildman–Crippen LogP) is 2.56. The first-order chi connectivity index (χ1) is 15.3. The van der Waals surface area contributed by atoms with Crippen LogP contribution in [0.4, 0.5) is 4.79 Å². The average molecular weight is 511 g/mol. The van der Waals surface area contributed by atoms with Gasteiger partial charge in [-0.2, -0.15) is 0 Å². The highest BCUT2D eigenvalue weighted by Gasteiger charge is 2.50. The summed E-state index contributed by atoms with van der Waals surface area (Å²) < 4.78 is 7.00. The van der Waals surface area contributed by atoms with E-state index < -0.39 is 12.2 Å². The lowest BCUT2D eigenvalue weighted by molar-refractivity contribution is -0.138. The molecule has 2 saturated heterocycles. The molecular formula is C23H35BrN4O4. The van der Waals surface area contributed by atoms with E-state index in [1.165, 1.54) is 4.90 Å².